The van der Waals surface area contributed by atoms with Gasteiger partial charge in [0.2, 0.25) is 11.5 Å². The summed E-state index contributed by atoms with van der Waals surface area (Å²) >= 11 is 0. The first kappa shape index (κ1) is 15.8. The van der Waals surface area contributed by atoms with E-state index in [0.29, 0.717) is 31.6 Å². The number of H-pyrrole nitrogens is 1. The maximum atomic E-state index is 12.0. The number of rotatable bonds is 5. The maximum Gasteiger partial charge on any atom is 0.248 e. The molecular weight excluding hydrogens is 266 g/mol. The van der Waals surface area contributed by atoms with E-state index in [4.69, 9.17) is 0 Å². The summed E-state index contributed by atoms with van der Waals surface area (Å²) in [4.78, 5) is 28.2. The van der Waals surface area contributed by atoms with Crippen LogP contribution in [0.1, 0.15) is 38.8 Å². The molecule has 1 aliphatic heterocycles. The van der Waals surface area contributed by atoms with Gasteiger partial charge in [-0.15, -0.1) is 0 Å². The molecule has 1 saturated heterocycles. The highest BCUT2D eigenvalue weighted by molar-refractivity contribution is 5.78. The summed E-state index contributed by atoms with van der Waals surface area (Å²) in [5.74, 6) is 0.0638. The minimum atomic E-state index is -0.102. The SMILES string of the molecule is C[C@@H]1CCC[C@H](C)N1CC(=O)NCCc1cccc(=O)[nH]1. The van der Waals surface area contributed by atoms with E-state index in [9.17, 15) is 9.59 Å². The van der Waals surface area contributed by atoms with E-state index in [0.717, 1.165) is 5.69 Å². The quantitative estimate of drug-likeness (QED) is 0.859. The van der Waals surface area contributed by atoms with Gasteiger partial charge >= 0.3 is 0 Å². The van der Waals surface area contributed by atoms with Crippen molar-refractivity contribution in [1.82, 2.24) is 15.2 Å². The standard InChI is InChI=1S/C16H25N3O2/c1-12-5-3-6-13(2)19(12)11-16(21)17-10-9-14-7-4-8-15(20)18-14/h4,7-8,12-13H,3,5-6,9-11H2,1-2H3,(H,17,21)(H,18,20)/t12-,13+. The average Bonchev–Trinajstić information content (AvgIpc) is 2.43. The molecule has 0 aromatic carbocycles. The van der Waals surface area contributed by atoms with Gasteiger partial charge in [-0.05, 0) is 32.8 Å². The van der Waals surface area contributed by atoms with Crippen molar-refractivity contribution in [3.05, 3.63) is 34.2 Å². The van der Waals surface area contributed by atoms with Crippen molar-refractivity contribution in [2.24, 2.45) is 0 Å². The van der Waals surface area contributed by atoms with Crippen molar-refractivity contribution in [2.45, 2.75) is 51.6 Å². The normalized spacial score (nSPS) is 23.0. The van der Waals surface area contributed by atoms with E-state index < -0.39 is 0 Å². The highest BCUT2D eigenvalue weighted by atomic mass is 16.2. The summed E-state index contributed by atoms with van der Waals surface area (Å²) in [6, 6.07) is 6.03. The van der Waals surface area contributed by atoms with Gasteiger partial charge in [-0.3, -0.25) is 14.5 Å². The highest BCUT2D eigenvalue weighted by Crippen LogP contribution is 2.21. The number of pyridine rings is 1. The summed E-state index contributed by atoms with van der Waals surface area (Å²) in [5, 5.41) is 2.94. The number of aromatic nitrogens is 1. The van der Waals surface area contributed by atoms with Crippen LogP contribution in [0.5, 0.6) is 0 Å². The third kappa shape index (κ3) is 4.70. The fraction of sp³-hybridized carbons (Fsp3) is 0.625. The molecule has 2 atom stereocenters. The average molecular weight is 291 g/mol. The van der Waals surface area contributed by atoms with E-state index in [-0.39, 0.29) is 11.5 Å². The number of carbonyl (C=O) groups excluding carboxylic acids is 1. The second-order valence-corrected chi connectivity index (χ2v) is 5.94. The van der Waals surface area contributed by atoms with Gasteiger partial charge < -0.3 is 10.3 Å². The number of amides is 1. The summed E-state index contributed by atoms with van der Waals surface area (Å²) in [5.41, 5.74) is 0.748. The fourth-order valence-corrected chi connectivity index (χ4v) is 2.98. The summed E-state index contributed by atoms with van der Waals surface area (Å²) in [6.07, 6.45) is 4.24. The van der Waals surface area contributed by atoms with Gasteiger partial charge in [-0.25, -0.2) is 0 Å². The Morgan fingerprint density at radius 1 is 1.33 bits per heavy atom. The lowest BCUT2D eigenvalue weighted by molar-refractivity contribution is -0.123. The maximum absolute atomic E-state index is 12.0. The molecular formula is C16H25N3O2. The van der Waals surface area contributed by atoms with Crippen molar-refractivity contribution in [3.8, 4) is 0 Å². The Bertz CT molecular complexity index is 516. The molecule has 0 spiro atoms. The van der Waals surface area contributed by atoms with Crippen molar-refractivity contribution >= 4 is 5.91 Å². The lowest BCUT2D eigenvalue weighted by Gasteiger charge is -2.38. The zero-order chi connectivity index (χ0) is 15.2. The van der Waals surface area contributed by atoms with E-state index in [1.807, 2.05) is 6.07 Å². The molecule has 0 aliphatic carbocycles. The summed E-state index contributed by atoms with van der Waals surface area (Å²) < 4.78 is 0. The first-order chi connectivity index (χ1) is 10.1. The Hall–Kier alpha value is -1.62. The van der Waals surface area contributed by atoms with Crippen molar-refractivity contribution < 1.29 is 4.79 Å². The minimum absolute atomic E-state index is 0.0638. The predicted octanol–water partition coefficient (Wildman–Crippen LogP) is 1.30. The van der Waals surface area contributed by atoms with Crippen molar-refractivity contribution in [3.63, 3.8) is 0 Å². The van der Waals surface area contributed by atoms with Crippen LogP contribution in [0.15, 0.2) is 23.0 Å². The number of carbonyl (C=O) groups is 1. The van der Waals surface area contributed by atoms with Crippen LogP contribution in [0.3, 0.4) is 0 Å². The number of piperidine rings is 1. The molecule has 2 heterocycles. The van der Waals surface area contributed by atoms with Crippen LogP contribution >= 0.6 is 0 Å². The Kier molecular flexibility index (Phi) is 5.56. The molecule has 5 nitrogen and oxygen atoms in total. The molecule has 21 heavy (non-hydrogen) atoms. The zero-order valence-electron chi connectivity index (χ0n) is 12.9. The molecule has 2 N–H and O–H groups in total. The molecule has 1 aromatic heterocycles. The van der Waals surface area contributed by atoms with E-state index in [1.165, 1.54) is 25.3 Å². The van der Waals surface area contributed by atoms with Crippen LogP contribution < -0.4 is 10.9 Å². The number of hydrogen-bond donors (Lipinski definition) is 2. The Morgan fingerprint density at radius 2 is 2.05 bits per heavy atom. The Balaban J connectivity index is 1.75. The van der Waals surface area contributed by atoms with Crippen LogP contribution in [0, 0.1) is 0 Å². The molecule has 1 aliphatic rings. The Morgan fingerprint density at radius 3 is 2.71 bits per heavy atom. The van der Waals surface area contributed by atoms with Gasteiger partial charge in [0, 0.05) is 36.8 Å². The van der Waals surface area contributed by atoms with Crippen LogP contribution in [-0.4, -0.2) is 41.0 Å². The second-order valence-electron chi connectivity index (χ2n) is 5.94. The van der Waals surface area contributed by atoms with Crippen LogP contribution in [0.2, 0.25) is 0 Å². The molecule has 1 aromatic rings. The molecule has 1 fully saturated rings. The molecule has 0 unspecified atom stereocenters. The Labute approximate surface area is 125 Å². The second kappa shape index (κ2) is 7.41. The number of likely N-dealkylation sites (tertiary alicyclic amines) is 1. The minimum Gasteiger partial charge on any atom is -0.355 e. The molecule has 116 valence electrons. The van der Waals surface area contributed by atoms with Crippen molar-refractivity contribution in [2.75, 3.05) is 13.1 Å². The number of nitrogens with one attached hydrogen (secondary N) is 2. The first-order valence-electron chi connectivity index (χ1n) is 7.77. The molecule has 0 radical (unpaired) electrons. The van der Waals surface area contributed by atoms with Crippen molar-refractivity contribution in [1.29, 1.82) is 0 Å². The van der Waals surface area contributed by atoms with Gasteiger partial charge in [0.15, 0.2) is 0 Å². The van der Waals surface area contributed by atoms with Gasteiger partial charge in [-0.2, -0.15) is 0 Å². The molecule has 0 saturated carbocycles. The topological polar surface area (TPSA) is 65.2 Å². The van der Waals surface area contributed by atoms with Crippen LogP contribution in [-0.2, 0) is 11.2 Å². The van der Waals surface area contributed by atoms with E-state index in [1.54, 1.807) is 6.07 Å². The first-order valence-corrected chi connectivity index (χ1v) is 7.77. The third-order valence-corrected chi connectivity index (χ3v) is 4.25. The van der Waals surface area contributed by atoms with Gasteiger partial charge in [0.05, 0.1) is 6.54 Å². The van der Waals surface area contributed by atoms with Crippen LogP contribution in [0.25, 0.3) is 0 Å². The van der Waals surface area contributed by atoms with Crippen LogP contribution in [0.4, 0.5) is 0 Å². The van der Waals surface area contributed by atoms with E-state index >= 15 is 0 Å². The lowest BCUT2D eigenvalue weighted by atomic mass is 9.97. The highest BCUT2D eigenvalue weighted by Gasteiger charge is 2.26. The van der Waals surface area contributed by atoms with E-state index in [2.05, 4.69) is 29.0 Å². The van der Waals surface area contributed by atoms with Gasteiger partial charge in [0.1, 0.15) is 0 Å². The van der Waals surface area contributed by atoms with Gasteiger partial charge in [0.25, 0.3) is 0 Å². The summed E-state index contributed by atoms with van der Waals surface area (Å²) in [7, 11) is 0. The monoisotopic (exact) mass is 291 g/mol. The lowest BCUT2D eigenvalue weighted by Crippen LogP contribution is -2.48. The smallest absolute Gasteiger partial charge is 0.248 e. The number of hydrogen-bond acceptors (Lipinski definition) is 3. The molecule has 0 bridgehead atoms. The largest absolute Gasteiger partial charge is 0.355 e. The summed E-state index contributed by atoms with van der Waals surface area (Å²) in [6.45, 7) is 5.40. The van der Waals surface area contributed by atoms with Gasteiger partial charge in [-0.1, -0.05) is 12.5 Å². The molecule has 1 amide bonds. The molecule has 2 rings (SSSR count). The molecule has 5 heteroatoms. The number of nitrogens with zero attached hydrogens (tertiary/aromatic N) is 1. The fourth-order valence-electron chi connectivity index (χ4n) is 2.98. The number of aromatic amines is 1. The predicted molar refractivity (Wildman–Crippen MR) is 83.3 cm³/mol. The zero-order valence-corrected chi connectivity index (χ0v) is 12.9. The third-order valence-electron chi connectivity index (χ3n) is 4.25.